The zero-order valence-corrected chi connectivity index (χ0v) is 15.2. The zero-order valence-electron chi connectivity index (χ0n) is 15.2. The van der Waals surface area contributed by atoms with Crippen LogP contribution in [0.25, 0.3) is 22.8 Å². The third-order valence-corrected chi connectivity index (χ3v) is 5.11. The Morgan fingerprint density at radius 1 is 1.19 bits per heavy atom. The molecular weight excluding hydrogens is 344 g/mol. The second kappa shape index (κ2) is 6.83. The Kier molecular flexibility index (Phi) is 4.35. The second-order valence-corrected chi connectivity index (χ2v) is 6.59. The molecule has 1 aromatic carbocycles. The fourth-order valence-corrected chi connectivity index (χ4v) is 3.33. The van der Waals surface area contributed by atoms with Gasteiger partial charge in [0.05, 0.1) is 5.71 Å². The van der Waals surface area contributed by atoms with Crippen LogP contribution in [0.3, 0.4) is 0 Å². The van der Waals surface area contributed by atoms with Crippen LogP contribution in [0.1, 0.15) is 38.7 Å². The number of fused-ring (bicyclic) bond motifs is 1. The van der Waals surface area contributed by atoms with Gasteiger partial charge in [-0.05, 0) is 43.2 Å². The summed E-state index contributed by atoms with van der Waals surface area (Å²) in [6.07, 6.45) is 5.60. The number of ether oxygens (including phenoxy) is 1. The maximum absolute atomic E-state index is 9.55. The molecule has 0 spiro atoms. The van der Waals surface area contributed by atoms with Gasteiger partial charge in [-0.15, -0.1) is 0 Å². The van der Waals surface area contributed by atoms with E-state index in [4.69, 9.17) is 9.26 Å². The van der Waals surface area contributed by atoms with E-state index in [-0.39, 0.29) is 5.60 Å². The van der Waals surface area contributed by atoms with Gasteiger partial charge in [-0.25, -0.2) is 0 Å². The summed E-state index contributed by atoms with van der Waals surface area (Å²) in [4.78, 5) is 8.52. The van der Waals surface area contributed by atoms with Crippen molar-refractivity contribution in [1.29, 1.82) is 0 Å². The molecule has 1 aliphatic heterocycles. The molecule has 0 saturated heterocycles. The van der Waals surface area contributed by atoms with Crippen LogP contribution in [-0.2, 0) is 0 Å². The number of hydrogen-bond donors (Lipinski definition) is 1. The lowest BCUT2D eigenvalue weighted by atomic mass is 9.85. The Morgan fingerprint density at radius 2 is 2.04 bits per heavy atom. The minimum absolute atomic E-state index is 0.339. The largest absolute Gasteiger partial charge is 0.486 e. The van der Waals surface area contributed by atoms with Crippen LogP contribution in [0.5, 0.6) is 5.75 Å². The van der Waals surface area contributed by atoms with E-state index in [9.17, 15) is 5.21 Å². The quantitative estimate of drug-likeness (QED) is 0.547. The van der Waals surface area contributed by atoms with Crippen molar-refractivity contribution in [2.24, 2.45) is 5.16 Å². The first-order chi connectivity index (χ1) is 13.2. The van der Waals surface area contributed by atoms with Gasteiger partial charge in [0.15, 0.2) is 0 Å². The first-order valence-corrected chi connectivity index (χ1v) is 8.97. The summed E-state index contributed by atoms with van der Waals surface area (Å²) in [5.74, 6) is 1.56. The van der Waals surface area contributed by atoms with Crippen molar-refractivity contribution in [3.05, 3.63) is 48.3 Å². The van der Waals surface area contributed by atoms with E-state index < -0.39 is 0 Å². The topological polar surface area (TPSA) is 93.6 Å². The summed E-state index contributed by atoms with van der Waals surface area (Å²) >= 11 is 0. The van der Waals surface area contributed by atoms with Crippen molar-refractivity contribution in [3.63, 3.8) is 0 Å². The van der Waals surface area contributed by atoms with E-state index >= 15 is 0 Å². The van der Waals surface area contributed by atoms with Gasteiger partial charge in [-0.3, -0.25) is 4.98 Å². The summed E-state index contributed by atoms with van der Waals surface area (Å²) < 4.78 is 11.7. The van der Waals surface area contributed by atoms with Crippen molar-refractivity contribution < 1.29 is 14.5 Å². The van der Waals surface area contributed by atoms with E-state index in [1.165, 1.54) is 0 Å². The van der Waals surface area contributed by atoms with E-state index in [1.807, 2.05) is 30.3 Å². The Labute approximate surface area is 156 Å². The van der Waals surface area contributed by atoms with E-state index in [0.29, 0.717) is 29.6 Å². The minimum Gasteiger partial charge on any atom is -0.486 e. The number of rotatable bonds is 4. The van der Waals surface area contributed by atoms with Gasteiger partial charge >= 0.3 is 0 Å². The summed E-state index contributed by atoms with van der Waals surface area (Å²) in [5, 5.41) is 17.1. The average molecular weight is 364 g/mol. The summed E-state index contributed by atoms with van der Waals surface area (Å²) in [6, 6.07) is 9.28. The molecule has 0 bridgehead atoms. The number of oxime groups is 1. The molecule has 0 fully saturated rings. The molecule has 3 aromatic rings. The van der Waals surface area contributed by atoms with Crippen molar-refractivity contribution in [2.45, 2.75) is 38.7 Å². The number of aromatic nitrogens is 3. The highest BCUT2D eigenvalue weighted by Crippen LogP contribution is 2.39. The van der Waals surface area contributed by atoms with Crippen LogP contribution in [0.4, 0.5) is 0 Å². The third kappa shape index (κ3) is 3.05. The molecule has 0 atom stereocenters. The molecule has 1 N–H and O–H groups in total. The van der Waals surface area contributed by atoms with Gasteiger partial charge in [0.2, 0.25) is 5.82 Å². The van der Waals surface area contributed by atoms with Gasteiger partial charge in [0.1, 0.15) is 11.4 Å². The lowest BCUT2D eigenvalue weighted by Gasteiger charge is -2.37. The van der Waals surface area contributed by atoms with Crippen LogP contribution in [0.2, 0.25) is 0 Å². The molecule has 0 radical (unpaired) electrons. The van der Waals surface area contributed by atoms with Crippen LogP contribution < -0.4 is 4.74 Å². The number of nitrogens with zero attached hydrogens (tertiary/aromatic N) is 4. The van der Waals surface area contributed by atoms with E-state index in [0.717, 1.165) is 29.5 Å². The number of pyridine rings is 1. The van der Waals surface area contributed by atoms with E-state index in [2.05, 4.69) is 34.1 Å². The highest BCUT2D eigenvalue weighted by molar-refractivity contribution is 6.04. The molecule has 0 saturated carbocycles. The molecule has 0 unspecified atom stereocenters. The van der Waals surface area contributed by atoms with Crippen LogP contribution in [0, 0.1) is 0 Å². The van der Waals surface area contributed by atoms with Gasteiger partial charge in [0, 0.05) is 35.5 Å². The third-order valence-electron chi connectivity index (χ3n) is 5.11. The van der Waals surface area contributed by atoms with Gasteiger partial charge < -0.3 is 14.5 Å². The van der Waals surface area contributed by atoms with E-state index in [1.54, 1.807) is 12.4 Å². The minimum atomic E-state index is -0.339. The standard InChI is InChI=1S/C20H20N4O3/c1-3-20(4-2)11-16(23-25)15-10-13(7-8-17(15)26-20)19-22-18(24-27-19)14-6-5-9-21-12-14/h5-10,12,25H,3-4,11H2,1-2H3. The fourth-order valence-electron chi connectivity index (χ4n) is 3.33. The molecule has 0 amide bonds. The first-order valence-electron chi connectivity index (χ1n) is 8.97. The predicted molar refractivity (Wildman–Crippen MR) is 99.8 cm³/mol. The Bertz CT molecular complexity index is 978. The number of benzene rings is 1. The molecule has 3 heterocycles. The average Bonchev–Trinajstić information content (AvgIpc) is 3.23. The number of hydrogen-bond acceptors (Lipinski definition) is 7. The Balaban J connectivity index is 1.71. The maximum atomic E-state index is 9.55. The second-order valence-electron chi connectivity index (χ2n) is 6.59. The van der Waals surface area contributed by atoms with Gasteiger partial charge in [-0.1, -0.05) is 24.2 Å². The summed E-state index contributed by atoms with van der Waals surface area (Å²) in [6.45, 7) is 4.16. The first kappa shape index (κ1) is 17.2. The Hall–Kier alpha value is -3.22. The highest BCUT2D eigenvalue weighted by Gasteiger charge is 2.37. The smallest absolute Gasteiger partial charge is 0.258 e. The molecule has 138 valence electrons. The van der Waals surface area contributed by atoms with Crippen molar-refractivity contribution in [1.82, 2.24) is 15.1 Å². The molecule has 7 nitrogen and oxygen atoms in total. The predicted octanol–water partition coefficient (Wildman–Crippen LogP) is 4.32. The molecule has 27 heavy (non-hydrogen) atoms. The van der Waals surface area contributed by atoms with Crippen molar-refractivity contribution in [2.75, 3.05) is 0 Å². The zero-order chi connectivity index (χ0) is 18.9. The molecule has 7 heteroatoms. The molecule has 1 aliphatic rings. The van der Waals surface area contributed by atoms with Crippen molar-refractivity contribution in [3.8, 4) is 28.6 Å². The molecule has 0 aliphatic carbocycles. The van der Waals surface area contributed by atoms with Crippen molar-refractivity contribution >= 4 is 5.71 Å². The fraction of sp³-hybridized carbons (Fsp3) is 0.300. The summed E-state index contributed by atoms with van der Waals surface area (Å²) in [7, 11) is 0. The normalized spacial score (nSPS) is 16.7. The SMILES string of the molecule is CCC1(CC)CC(=NO)c2cc(-c3nc(-c4cccnc4)no3)ccc2O1. The van der Waals surface area contributed by atoms with Crippen LogP contribution >= 0.6 is 0 Å². The monoisotopic (exact) mass is 364 g/mol. The lowest BCUT2D eigenvalue weighted by molar-refractivity contribution is 0.0610. The molecule has 2 aromatic heterocycles. The molecule has 4 rings (SSSR count). The van der Waals surface area contributed by atoms with Crippen LogP contribution in [0.15, 0.2) is 52.4 Å². The van der Waals surface area contributed by atoms with Gasteiger partial charge in [0.25, 0.3) is 5.89 Å². The molecular formula is C20H20N4O3. The van der Waals surface area contributed by atoms with Gasteiger partial charge in [-0.2, -0.15) is 4.98 Å². The summed E-state index contributed by atoms with van der Waals surface area (Å²) in [5.41, 5.74) is 2.53. The lowest BCUT2D eigenvalue weighted by Crippen LogP contribution is -2.41. The Morgan fingerprint density at radius 3 is 2.74 bits per heavy atom. The maximum Gasteiger partial charge on any atom is 0.258 e. The highest BCUT2D eigenvalue weighted by atomic mass is 16.5. The van der Waals surface area contributed by atoms with Crippen LogP contribution in [-0.4, -0.2) is 31.6 Å².